The molecular weight excluding hydrogens is 370 g/mol. The molecular formula is C21H34F2O5. The van der Waals surface area contributed by atoms with Crippen LogP contribution in [0.4, 0.5) is 8.78 Å². The number of hydrogen-bond donors (Lipinski definition) is 2. The van der Waals surface area contributed by atoms with Gasteiger partial charge in [0.1, 0.15) is 5.78 Å². The Morgan fingerprint density at radius 1 is 1.04 bits per heavy atom. The summed E-state index contributed by atoms with van der Waals surface area (Å²) in [7, 11) is 0. The number of ketones is 2. The molecule has 5 nitrogen and oxygen atoms in total. The normalized spacial score (nSPS) is 22.6. The molecule has 0 amide bonds. The average Bonchev–Trinajstić information content (AvgIpc) is 2.89. The standard InChI is InChI=1S/C21H34F2O5/c1-2-3-13-21(22,23)19(26)12-11-16-15(17(24)14-18(16)25)9-7-5-4-6-8-10-20(27)28/h15-16,18,25H,2-14H2,1H3,(H,27,28)/t15-,16-,18-/m1/s1. The van der Waals surface area contributed by atoms with Crippen molar-refractivity contribution in [1.82, 2.24) is 0 Å². The molecule has 7 heteroatoms. The van der Waals surface area contributed by atoms with Crippen LogP contribution >= 0.6 is 0 Å². The van der Waals surface area contributed by atoms with Crippen LogP contribution in [0.15, 0.2) is 0 Å². The van der Waals surface area contributed by atoms with E-state index in [1.165, 1.54) is 0 Å². The average molecular weight is 404 g/mol. The van der Waals surface area contributed by atoms with Crippen LogP contribution in [0.25, 0.3) is 0 Å². The molecule has 1 rings (SSSR count). The lowest BCUT2D eigenvalue weighted by Gasteiger charge is -2.22. The molecule has 28 heavy (non-hydrogen) atoms. The molecule has 0 aromatic carbocycles. The van der Waals surface area contributed by atoms with E-state index in [4.69, 9.17) is 5.11 Å². The van der Waals surface area contributed by atoms with E-state index in [0.717, 1.165) is 25.7 Å². The molecule has 0 heterocycles. The molecule has 0 radical (unpaired) electrons. The smallest absolute Gasteiger partial charge is 0.305 e. The number of carbonyl (C=O) groups excluding carboxylic acids is 2. The van der Waals surface area contributed by atoms with Crippen LogP contribution in [0.5, 0.6) is 0 Å². The van der Waals surface area contributed by atoms with Gasteiger partial charge in [0.05, 0.1) is 6.10 Å². The second kappa shape index (κ2) is 12.2. The van der Waals surface area contributed by atoms with Crippen LogP contribution < -0.4 is 0 Å². The first-order valence-corrected chi connectivity index (χ1v) is 10.5. The lowest BCUT2D eigenvalue weighted by Crippen LogP contribution is -2.30. The lowest BCUT2D eigenvalue weighted by atomic mass is 9.85. The summed E-state index contributed by atoms with van der Waals surface area (Å²) in [4.78, 5) is 34.5. The largest absolute Gasteiger partial charge is 0.481 e. The van der Waals surface area contributed by atoms with Gasteiger partial charge in [0, 0.05) is 31.6 Å². The van der Waals surface area contributed by atoms with Gasteiger partial charge in [-0.2, -0.15) is 8.78 Å². The van der Waals surface area contributed by atoms with E-state index in [-0.39, 0.29) is 37.4 Å². The number of carboxylic acids is 1. The van der Waals surface area contributed by atoms with E-state index in [2.05, 4.69) is 0 Å². The van der Waals surface area contributed by atoms with E-state index in [0.29, 0.717) is 25.7 Å². The molecule has 0 aromatic rings. The van der Waals surface area contributed by atoms with Crippen molar-refractivity contribution in [3.63, 3.8) is 0 Å². The summed E-state index contributed by atoms with van der Waals surface area (Å²) < 4.78 is 27.7. The zero-order valence-corrected chi connectivity index (χ0v) is 16.8. The fourth-order valence-electron chi connectivity index (χ4n) is 3.97. The molecule has 1 saturated carbocycles. The first-order valence-electron chi connectivity index (χ1n) is 10.5. The van der Waals surface area contributed by atoms with Crippen molar-refractivity contribution in [2.24, 2.45) is 11.8 Å². The van der Waals surface area contributed by atoms with Gasteiger partial charge in [-0.3, -0.25) is 14.4 Å². The second-order valence-electron chi connectivity index (χ2n) is 7.98. The Hall–Kier alpha value is -1.37. The summed E-state index contributed by atoms with van der Waals surface area (Å²) in [6.45, 7) is 1.79. The van der Waals surface area contributed by atoms with Crippen LogP contribution in [0.2, 0.25) is 0 Å². The third kappa shape index (κ3) is 8.33. The molecule has 0 bridgehead atoms. The first-order chi connectivity index (χ1) is 13.2. The highest BCUT2D eigenvalue weighted by Crippen LogP contribution is 2.37. The third-order valence-corrected chi connectivity index (χ3v) is 5.70. The fourth-order valence-corrected chi connectivity index (χ4v) is 3.97. The van der Waals surface area contributed by atoms with Gasteiger partial charge in [-0.25, -0.2) is 0 Å². The molecule has 1 aliphatic rings. The highest BCUT2D eigenvalue weighted by atomic mass is 19.3. The molecule has 2 N–H and O–H groups in total. The lowest BCUT2D eigenvalue weighted by molar-refractivity contribution is -0.144. The summed E-state index contributed by atoms with van der Waals surface area (Å²) >= 11 is 0. The minimum absolute atomic E-state index is 0.0361. The molecule has 0 aliphatic heterocycles. The number of rotatable bonds is 15. The molecule has 1 aliphatic carbocycles. The van der Waals surface area contributed by atoms with Gasteiger partial charge in [0.15, 0.2) is 0 Å². The highest BCUT2D eigenvalue weighted by molar-refractivity contribution is 5.86. The second-order valence-corrected chi connectivity index (χ2v) is 7.98. The number of carboxylic acid groups (broad SMARTS) is 1. The predicted molar refractivity (Wildman–Crippen MR) is 101 cm³/mol. The number of aliphatic hydroxyl groups is 1. The third-order valence-electron chi connectivity index (χ3n) is 5.70. The maximum Gasteiger partial charge on any atom is 0.305 e. The first kappa shape index (κ1) is 24.7. The SMILES string of the molecule is CCCCC(F)(F)C(=O)CC[C@H]1[C@H](O)CC(=O)[C@@H]1CCCCCCCC(=O)O. The molecule has 3 atom stereocenters. The Balaban J connectivity index is 2.41. The topological polar surface area (TPSA) is 91.7 Å². The van der Waals surface area contributed by atoms with E-state index in [1.54, 1.807) is 6.92 Å². The number of alkyl halides is 2. The van der Waals surface area contributed by atoms with E-state index >= 15 is 0 Å². The monoisotopic (exact) mass is 404 g/mol. The Bertz CT molecular complexity index is 521. The Morgan fingerprint density at radius 2 is 1.68 bits per heavy atom. The Kier molecular flexibility index (Phi) is 10.8. The van der Waals surface area contributed by atoms with E-state index in [1.807, 2.05) is 0 Å². The van der Waals surface area contributed by atoms with Crippen molar-refractivity contribution in [2.45, 2.75) is 102 Å². The van der Waals surface area contributed by atoms with Crippen molar-refractivity contribution in [1.29, 1.82) is 0 Å². The summed E-state index contributed by atoms with van der Waals surface area (Å²) in [5.74, 6) is -6.06. The number of halogens is 2. The van der Waals surface area contributed by atoms with Crippen LogP contribution in [0.1, 0.15) is 90.4 Å². The molecule has 0 aromatic heterocycles. The molecule has 0 saturated heterocycles. The van der Waals surface area contributed by atoms with E-state index in [9.17, 15) is 28.3 Å². The predicted octanol–water partition coefficient (Wildman–Crippen LogP) is 4.54. The summed E-state index contributed by atoms with van der Waals surface area (Å²) in [5, 5.41) is 18.7. The van der Waals surface area contributed by atoms with E-state index < -0.39 is 36.1 Å². The van der Waals surface area contributed by atoms with Crippen molar-refractivity contribution >= 4 is 17.5 Å². The minimum atomic E-state index is -3.32. The number of aliphatic carboxylic acids is 1. The zero-order chi connectivity index (χ0) is 21.2. The van der Waals surface area contributed by atoms with Crippen LogP contribution in [-0.4, -0.2) is 39.8 Å². The summed E-state index contributed by atoms with van der Waals surface area (Å²) in [5.41, 5.74) is 0. The van der Waals surface area contributed by atoms with Crippen molar-refractivity contribution in [2.75, 3.05) is 0 Å². The van der Waals surface area contributed by atoms with Crippen molar-refractivity contribution < 1.29 is 33.4 Å². The van der Waals surface area contributed by atoms with Gasteiger partial charge in [-0.15, -0.1) is 0 Å². The van der Waals surface area contributed by atoms with Crippen LogP contribution in [-0.2, 0) is 14.4 Å². The van der Waals surface area contributed by atoms with Gasteiger partial charge >= 0.3 is 11.9 Å². The maximum absolute atomic E-state index is 13.8. The van der Waals surface area contributed by atoms with Crippen molar-refractivity contribution in [3.05, 3.63) is 0 Å². The zero-order valence-electron chi connectivity index (χ0n) is 16.8. The summed E-state index contributed by atoms with van der Waals surface area (Å²) in [6.07, 6.45) is 4.14. The van der Waals surface area contributed by atoms with Gasteiger partial charge in [0.25, 0.3) is 0 Å². The Labute approximate surface area is 165 Å². The molecule has 1 fully saturated rings. The van der Waals surface area contributed by atoms with Crippen LogP contribution in [0.3, 0.4) is 0 Å². The number of Topliss-reactive ketones (excluding diaryl/α,β-unsaturated/α-hetero) is 2. The number of hydrogen-bond acceptors (Lipinski definition) is 4. The van der Waals surface area contributed by atoms with Gasteiger partial charge in [0.2, 0.25) is 5.78 Å². The van der Waals surface area contributed by atoms with Gasteiger partial charge in [-0.05, 0) is 31.6 Å². The van der Waals surface area contributed by atoms with Crippen molar-refractivity contribution in [3.8, 4) is 0 Å². The fraction of sp³-hybridized carbons (Fsp3) is 0.857. The van der Waals surface area contributed by atoms with Crippen LogP contribution in [0, 0.1) is 11.8 Å². The minimum Gasteiger partial charge on any atom is -0.481 e. The molecule has 0 unspecified atom stereocenters. The molecule has 0 spiro atoms. The molecule has 162 valence electrons. The number of carbonyl (C=O) groups is 3. The summed E-state index contributed by atoms with van der Waals surface area (Å²) in [6, 6.07) is 0. The van der Waals surface area contributed by atoms with Gasteiger partial charge in [-0.1, -0.05) is 39.0 Å². The Morgan fingerprint density at radius 3 is 2.32 bits per heavy atom. The number of unbranched alkanes of at least 4 members (excludes halogenated alkanes) is 5. The number of aliphatic hydroxyl groups excluding tert-OH is 1. The van der Waals surface area contributed by atoms with Gasteiger partial charge < -0.3 is 10.2 Å². The maximum atomic E-state index is 13.8. The quantitative estimate of drug-likeness (QED) is 0.391. The highest BCUT2D eigenvalue weighted by Gasteiger charge is 2.43.